The van der Waals surface area contributed by atoms with Gasteiger partial charge in [-0.3, -0.25) is 9.48 Å². The van der Waals surface area contributed by atoms with Gasteiger partial charge in [0.2, 0.25) is 5.91 Å². The van der Waals surface area contributed by atoms with Crippen molar-refractivity contribution in [1.29, 1.82) is 0 Å². The van der Waals surface area contributed by atoms with Gasteiger partial charge in [0.15, 0.2) is 0 Å². The third-order valence-electron chi connectivity index (χ3n) is 4.82. The van der Waals surface area contributed by atoms with Gasteiger partial charge in [0.25, 0.3) is 10.2 Å². The van der Waals surface area contributed by atoms with Gasteiger partial charge in [0, 0.05) is 77.7 Å². The van der Waals surface area contributed by atoms with Crippen LogP contribution < -0.4 is 0 Å². The fraction of sp³-hybridized carbons (Fsp3) is 0.733. The number of likely N-dealkylation sites (N-methyl/N-ethyl adjacent to an activating group) is 1. The number of carbonyl (C=O) groups is 1. The zero-order valence-electron chi connectivity index (χ0n) is 14.6. The second-order valence-corrected chi connectivity index (χ2v) is 8.44. The van der Waals surface area contributed by atoms with Crippen LogP contribution in [0.4, 0.5) is 0 Å². The number of hydrogen-bond acceptors (Lipinski definition) is 5. The van der Waals surface area contributed by atoms with Gasteiger partial charge in [-0.25, -0.2) is 0 Å². The van der Waals surface area contributed by atoms with E-state index in [2.05, 4.69) is 10.00 Å². The van der Waals surface area contributed by atoms with Crippen LogP contribution in [0.15, 0.2) is 18.5 Å². The molecule has 3 rings (SSSR count). The highest BCUT2D eigenvalue weighted by Gasteiger charge is 2.34. The number of piperazine rings is 2. The van der Waals surface area contributed by atoms with Gasteiger partial charge >= 0.3 is 0 Å². The van der Waals surface area contributed by atoms with Crippen LogP contribution in [0.3, 0.4) is 0 Å². The molecule has 0 aromatic carbocycles. The van der Waals surface area contributed by atoms with Crippen molar-refractivity contribution in [2.45, 2.75) is 13.0 Å². The molecule has 140 valence electrons. The minimum absolute atomic E-state index is 0.0483. The number of carbonyl (C=O) groups excluding carboxylic acids is 1. The lowest BCUT2D eigenvalue weighted by atomic mass is 10.3. The summed E-state index contributed by atoms with van der Waals surface area (Å²) in [5, 5.41) is 4.08. The molecular formula is C15H26N6O3S. The molecule has 0 N–H and O–H groups in total. The molecule has 10 heteroatoms. The lowest BCUT2D eigenvalue weighted by Gasteiger charge is -2.39. The second-order valence-electron chi connectivity index (χ2n) is 6.51. The Morgan fingerprint density at radius 2 is 1.60 bits per heavy atom. The number of aryl methyl sites for hydroxylation is 1. The van der Waals surface area contributed by atoms with E-state index in [1.54, 1.807) is 20.1 Å². The maximum absolute atomic E-state index is 12.7. The van der Waals surface area contributed by atoms with Crippen molar-refractivity contribution in [3.8, 4) is 0 Å². The van der Waals surface area contributed by atoms with E-state index in [9.17, 15) is 13.2 Å². The molecule has 0 aliphatic carbocycles. The van der Waals surface area contributed by atoms with Crippen LogP contribution in [0.2, 0.25) is 0 Å². The van der Waals surface area contributed by atoms with E-state index in [1.807, 2.05) is 19.3 Å². The number of nitrogens with zero attached hydrogens (tertiary/aromatic N) is 6. The standard InChI is InChI=1S/C15H26N6O3S/c1-17-7-11-20(12-8-17)25(23,24)21-13-9-18(10-14-21)15(22)3-6-19-5-2-4-16-19/h2,4-5H,3,6-14H2,1H3. The molecule has 0 radical (unpaired) electrons. The van der Waals surface area contributed by atoms with E-state index < -0.39 is 10.2 Å². The first kappa shape index (κ1) is 18.3. The summed E-state index contributed by atoms with van der Waals surface area (Å²) in [4.78, 5) is 16.2. The highest BCUT2D eigenvalue weighted by atomic mass is 32.2. The van der Waals surface area contributed by atoms with E-state index >= 15 is 0 Å². The Bertz CT molecular complexity index is 661. The molecule has 0 spiro atoms. The summed E-state index contributed by atoms with van der Waals surface area (Å²) in [6.07, 6.45) is 3.90. The molecule has 0 unspecified atom stereocenters. The lowest BCUT2D eigenvalue weighted by molar-refractivity contribution is -0.132. The molecule has 2 saturated heterocycles. The van der Waals surface area contributed by atoms with Gasteiger partial charge < -0.3 is 9.80 Å². The normalized spacial score (nSPS) is 21.6. The van der Waals surface area contributed by atoms with Crippen molar-refractivity contribution in [3.05, 3.63) is 18.5 Å². The molecule has 1 amide bonds. The summed E-state index contributed by atoms with van der Waals surface area (Å²) in [6, 6.07) is 1.83. The first-order valence-corrected chi connectivity index (χ1v) is 10.1. The summed E-state index contributed by atoms with van der Waals surface area (Å²) in [5.74, 6) is 0.0483. The molecule has 0 atom stereocenters. The lowest BCUT2D eigenvalue weighted by Crippen LogP contribution is -2.57. The number of hydrogen-bond donors (Lipinski definition) is 0. The SMILES string of the molecule is CN1CCN(S(=O)(=O)N2CCN(C(=O)CCn3cccn3)CC2)CC1. The molecule has 3 heterocycles. The Morgan fingerprint density at radius 1 is 1.00 bits per heavy atom. The van der Waals surface area contributed by atoms with E-state index in [0.29, 0.717) is 52.2 Å². The van der Waals surface area contributed by atoms with Crippen LogP contribution in [-0.4, -0.2) is 102 Å². The summed E-state index contributed by atoms with van der Waals surface area (Å²) in [6.45, 7) is 4.74. The minimum atomic E-state index is -3.42. The van der Waals surface area contributed by atoms with E-state index in [4.69, 9.17) is 0 Å². The minimum Gasteiger partial charge on any atom is -0.340 e. The van der Waals surface area contributed by atoms with Crippen molar-refractivity contribution in [2.24, 2.45) is 0 Å². The molecule has 1 aromatic heterocycles. The molecular weight excluding hydrogens is 344 g/mol. The third kappa shape index (κ3) is 4.38. The molecule has 2 fully saturated rings. The number of rotatable bonds is 5. The van der Waals surface area contributed by atoms with Crippen molar-refractivity contribution in [1.82, 2.24) is 28.2 Å². The smallest absolute Gasteiger partial charge is 0.282 e. The highest BCUT2D eigenvalue weighted by molar-refractivity contribution is 7.86. The maximum atomic E-state index is 12.7. The Kier molecular flexibility index (Phi) is 5.72. The summed E-state index contributed by atoms with van der Waals surface area (Å²) in [7, 11) is -1.42. The molecule has 9 nitrogen and oxygen atoms in total. The number of amides is 1. The van der Waals surface area contributed by atoms with Crippen molar-refractivity contribution < 1.29 is 13.2 Å². The van der Waals surface area contributed by atoms with Crippen LogP contribution in [0.1, 0.15) is 6.42 Å². The highest BCUT2D eigenvalue weighted by Crippen LogP contribution is 2.15. The van der Waals surface area contributed by atoms with Gasteiger partial charge in [-0.2, -0.15) is 22.1 Å². The molecule has 1 aromatic rings. The predicted molar refractivity (Wildman–Crippen MR) is 93.0 cm³/mol. The summed E-state index contributed by atoms with van der Waals surface area (Å²) < 4.78 is 30.2. The molecule has 2 aliphatic heterocycles. The Morgan fingerprint density at radius 3 is 2.16 bits per heavy atom. The fourth-order valence-corrected chi connectivity index (χ4v) is 4.73. The van der Waals surface area contributed by atoms with Crippen LogP contribution in [0, 0.1) is 0 Å². The van der Waals surface area contributed by atoms with Gasteiger partial charge in [-0.1, -0.05) is 0 Å². The van der Waals surface area contributed by atoms with E-state index in [-0.39, 0.29) is 5.91 Å². The van der Waals surface area contributed by atoms with Gasteiger partial charge in [0.05, 0.1) is 0 Å². The monoisotopic (exact) mass is 370 g/mol. The Hall–Kier alpha value is -1.49. The van der Waals surface area contributed by atoms with Gasteiger partial charge in [-0.15, -0.1) is 0 Å². The van der Waals surface area contributed by atoms with Crippen molar-refractivity contribution in [2.75, 3.05) is 59.4 Å². The van der Waals surface area contributed by atoms with Crippen LogP contribution >= 0.6 is 0 Å². The van der Waals surface area contributed by atoms with Crippen LogP contribution in [0.5, 0.6) is 0 Å². The van der Waals surface area contributed by atoms with Crippen LogP contribution in [0.25, 0.3) is 0 Å². The predicted octanol–water partition coefficient (Wildman–Crippen LogP) is -1.09. The summed E-state index contributed by atoms with van der Waals surface area (Å²) >= 11 is 0. The van der Waals surface area contributed by atoms with Crippen LogP contribution in [-0.2, 0) is 21.5 Å². The molecule has 0 bridgehead atoms. The van der Waals surface area contributed by atoms with E-state index in [1.165, 1.54) is 4.31 Å². The zero-order chi connectivity index (χ0) is 17.9. The average Bonchev–Trinajstić information content (AvgIpc) is 3.14. The van der Waals surface area contributed by atoms with Gasteiger partial charge in [0.1, 0.15) is 0 Å². The zero-order valence-corrected chi connectivity index (χ0v) is 15.4. The topological polar surface area (TPSA) is 82.0 Å². The molecule has 0 saturated carbocycles. The number of aromatic nitrogens is 2. The van der Waals surface area contributed by atoms with Crippen molar-refractivity contribution >= 4 is 16.1 Å². The quantitative estimate of drug-likeness (QED) is 0.658. The molecule has 2 aliphatic rings. The maximum Gasteiger partial charge on any atom is 0.282 e. The average molecular weight is 370 g/mol. The first-order valence-electron chi connectivity index (χ1n) is 8.66. The van der Waals surface area contributed by atoms with Crippen molar-refractivity contribution in [3.63, 3.8) is 0 Å². The van der Waals surface area contributed by atoms with Gasteiger partial charge in [-0.05, 0) is 13.1 Å². The first-order chi connectivity index (χ1) is 12.0. The van der Waals surface area contributed by atoms with E-state index in [0.717, 1.165) is 13.1 Å². The summed E-state index contributed by atoms with van der Waals surface area (Å²) in [5.41, 5.74) is 0. The Labute approximate surface area is 149 Å². The second kappa shape index (κ2) is 7.81. The largest absolute Gasteiger partial charge is 0.340 e. The molecule has 25 heavy (non-hydrogen) atoms. The third-order valence-corrected chi connectivity index (χ3v) is 6.86. The Balaban J connectivity index is 1.48. The fourth-order valence-electron chi connectivity index (χ4n) is 3.15.